The summed E-state index contributed by atoms with van der Waals surface area (Å²) < 4.78 is 0. The summed E-state index contributed by atoms with van der Waals surface area (Å²) in [4.78, 5) is 11.6. The lowest BCUT2D eigenvalue weighted by molar-refractivity contribution is -0.121. The van der Waals surface area contributed by atoms with Gasteiger partial charge in [0, 0.05) is 18.7 Å². The first-order valence-electron chi connectivity index (χ1n) is 6.25. The van der Waals surface area contributed by atoms with Crippen molar-refractivity contribution in [3.63, 3.8) is 0 Å². The van der Waals surface area contributed by atoms with Crippen molar-refractivity contribution in [1.29, 1.82) is 0 Å². The molecule has 0 saturated carbocycles. The number of unbranched alkanes of at least 4 members (excludes halogenated alkanes) is 1. The van der Waals surface area contributed by atoms with Gasteiger partial charge in [-0.1, -0.05) is 32.4 Å². The first-order valence-corrected chi connectivity index (χ1v) is 6.25. The topological polar surface area (TPSA) is 55.1 Å². The summed E-state index contributed by atoms with van der Waals surface area (Å²) in [7, 11) is 0. The van der Waals surface area contributed by atoms with Crippen molar-refractivity contribution in [2.24, 2.45) is 0 Å². The van der Waals surface area contributed by atoms with Crippen LogP contribution in [0.3, 0.4) is 0 Å². The van der Waals surface area contributed by atoms with Gasteiger partial charge in [0.25, 0.3) is 0 Å². The smallest absolute Gasteiger partial charge is 0.220 e. The highest BCUT2D eigenvalue weighted by Crippen LogP contribution is 2.19. The molecule has 3 heteroatoms. The van der Waals surface area contributed by atoms with Gasteiger partial charge in [0.05, 0.1) is 0 Å². The number of carbonyl (C=O) groups is 1. The van der Waals surface area contributed by atoms with Gasteiger partial charge >= 0.3 is 0 Å². The number of hydrogen-bond acceptors (Lipinski definition) is 2. The van der Waals surface area contributed by atoms with E-state index in [1.54, 1.807) is 0 Å². The van der Waals surface area contributed by atoms with Crippen LogP contribution < -0.4 is 11.1 Å². The molecule has 1 aromatic carbocycles. The fourth-order valence-corrected chi connectivity index (χ4v) is 1.70. The van der Waals surface area contributed by atoms with Crippen molar-refractivity contribution < 1.29 is 4.79 Å². The number of carbonyl (C=O) groups excluding carboxylic acids is 1. The molecule has 0 fully saturated rings. The highest BCUT2D eigenvalue weighted by molar-refractivity contribution is 5.76. The van der Waals surface area contributed by atoms with Crippen LogP contribution in [0.2, 0.25) is 0 Å². The Morgan fingerprint density at radius 2 is 2.00 bits per heavy atom. The number of rotatable bonds is 6. The molecule has 3 N–H and O–H groups in total. The van der Waals surface area contributed by atoms with Gasteiger partial charge in [0.15, 0.2) is 0 Å². The fraction of sp³-hybridized carbons (Fsp3) is 0.500. The molecule has 1 atom stereocenters. The van der Waals surface area contributed by atoms with E-state index in [2.05, 4.69) is 19.2 Å². The molecule has 0 heterocycles. The van der Waals surface area contributed by atoms with Gasteiger partial charge in [-0.25, -0.2) is 0 Å². The number of nitrogen functional groups attached to an aromatic ring is 1. The number of amides is 1. The van der Waals surface area contributed by atoms with Crippen LogP contribution in [0.5, 0.6) is 0 Å². The zero-order valence-electron chi connectivity index (χ0n) is 10.7. The highest BCUT2D eigenvalue weighted by Gasteiger charge is 2.10. The Balaban J connectivity index is 2.40. The second kappa shape index (κ2) is 6.94. The molecule has 0 spiro atoms. The number of benzene rings is 1. The van der Waals surface area contributed by atoms with Crippen LogP contribution in [0.15, 0.2) is 24.3 Å². The number of nitrogens with two attached hydrogens (primary N) is 1. The fourth-order valence-electron chi connectivity index (χ4n) is 1.70. The molecule has 1 amide bonds. The van der Waals surface area contributed by atoms with Gasteiger partial charge in [0.1, 0.15) is 0 Å². The molecule has 0 aromatic heterocycles. The molecule has 17 heavy (non-hydrogen) atoms. The van der Waals surface area contributed by atoms with E-state index in [4.69, 9.17) is 5.73 Å². The standard InChI is InChI=1S/C14H22N2O/c1-3-4-9-16-14(17)10-11(2)12-5-7-13(15)8-6-12/h5-8,11H,3-4,9-10,15H2,1-2H3,(H,16,17). The van der Waals surface area contributed by atoms with E-state index in [9.17, 15) is 4.79 Å². The molecule has 1 unspecified atom stereocenters. The molecule has 0 bridgehead atoms. The van der Waals surface area contributed by atoms with Crippen LogP contribution in [0.1, 0.15) is 44.6 Å². The summed E-state index contributed by atoms with van der Waals surface area (Å²) in [5.41, 5.74) is 7.54. The van der Waals surface area contributed by atoms with Gasteiger partial charge in [-0.15, -0.1) is 0 Å². The molecule has 1 rings (SSSR count). The maximum absolute atomic E-state index is 11.6. The van der Waals surface area contributed by atoms with E-state index in [0.717, 1.165) is 30.6 Å². The minimum absolute atomic E-state index is 0.128. The Kier molecular flexibility index (Phi) is 5.53. The second-order valence-corrected chi connectivity index (χ2v) is 4.48. The van der Waals surface area contributed by atoms with Crippen LogP contribution in [0.25, 0.3) is 0 Å². The first kappa shape index (κ1) is 13.6. The van der Waals surface area contributed by atoms with Crippen molar-refractivity contribution in [2.45, 2.75) is 39.0 Å². The normalized spacial score (nSPS) is 12.1. The molecular formula is C14H22N2O. The minimum atomic E-state index is 0.128. The summed E-state index contributed by atoms with van der Waals surface area (Å²) in [5, 5.41) is 2.93. The molecular weight excluding hydrogens is 212 g/mol. The Bertz CT molecular complexity index is 346. The molecule has 1 aromatic rings. The third-order valence-corrected chi connectivity index (χ3v) is 2.85. The maximum atomic E-state index is 11.6. The average molecular weight is 234 g/mol. The van der Waals surface area contributed by atoms with Crippen molar-refractivity contribution in [3.05, 3.63) is 29.8 Å². The number of hydrogen-bond donors (Lipinski definition) is 2. The lowest BCUT2D eigenvalue weighted by atomic mass is 9.97. The monoisotopic (exact) mass is 234 g/mol. The SMILES string of the molecule is CCCCNC(=O)CC(C)c1ccc(N)cc1. The summed E-state index contributed by atoms with van der Waals surface area (Å²) in [6.07, 6.45) is 2.68. The number of anilines is 1. The Labute approximate surface area is 103 Å². The molecule has 0 aliphatic rings. The molecule has 0 radical (unpaired) electrons. The van der Waals surface area contributed by atoms with Crippen molar-refractivity contribution in [1.82, 2.24) is 5.32 Å². The predicted octanol–water partition coefficient (Wildman–Crippen LogP) is 2.68. The van der Waals surface area contributed by atoms with Crippen LogP contribution in [-0.2, 0) is 4.79 Å². The van der Waals surface area contributed by atoms with Crippen molar-refractivity contribution in [2.75, 3.05) is 12.3 Å². The summed E-state index contributed by atoms with van der Waals surface area (Å²) in [5.74, 6) is 0.361. The van der Waals surface area contributed by atoms with E-state index in [1.165, 1.54) is 0 Å². The van der Waals surface area contributed by atoms with Crippen molar-refractivity contribution in [3.8, 4) is 0 Å². The zero-order valence-corrected chi connectivity index (χ0v) is 10.7. The van der Waals surface area contributed by atoms with Gasteiger partial charge in [-0.2, -0.15) is 0 Å². The number of nitrogens with one attached hydrogen (secondary N) is 1. The van der Waals surface area contributed by atoms with Crippen molar-refractivity contribution >= 4 is 11.6 Å². The predicted molar refractivity (Wildman–Crippen MR) is 71.8 cm³/mol. The average Bonchev–Trinajstić information content (AvgIpc) is 2.30. The van der Waals surface area contributed by atoms with Gasteiger partial charge < -0.3 is 11.1 Å². The molecule has 0 aliphatic carbocycles. The quantitative estimate of drug-likeness (QED) is 0.587. The lowest BCUT2D eigenvalue weighted by Gasteiger charge is -2.12. The van der Waals surface area contributed by atoms with Crippen LogP contribution in [0.4, 0.5) is 5.69 Å². The highest BCUT2D eigenvalue weighted by atomic mass is 16.1. The summed E-state index contributed by atoms with van der Waals surface area (Å²) in [6, 6.07) is 7.72. The van der Waals surface area contributed by atoms with Crippen LogP contribution in [-0.4, -0.2) is 12.5 Å². The van der Waals surface area contributed by atoms with Gasteiger partial charge in [0.2, 0.25) is 5.91 Å². The van der Waals surface area contributed by atoms with E-state index < -0.39 is 0 Å². The van der Waals surface area contributed by atoms with E-state index in [-0.39, 0.29) is 11.8 Å². The minimum Gasteiger partial charge on any atom is -0.399 e. The van der Waals surface area contributed by atoms with E-state index in [1.807, 2.05) is 24.3 Å². The molecule has 0 aliphatic heterocycles. The Hall–Kier alpha value is -1.51. The summed E-state index contributed by atoms with van der Waals surface area (Å²) in [6.45, 7) is 4.96. The maximum Gasteiger partial charge on any atom is 0.220 e. The van der Waals surface area contributed by atoms with E-state index >= 15 is 0 Å². The third kappa shape index (κ3) is 4.89. The molecule has 94 valence electrons. The second-order valence-electron chi connectivity index (χ2n) is 4.48. The lowest BCUT2D eigenvalue weighted by Crippen LogP contribution is -2.25. The molecule has 0 saturated heterocycles. The first-order chi connectivity index (χ1) is 8.13. The third-order valence-electron chi connectivity index (χ3n) is 2.85. The van der Waals surface area contributed by atoms with E-state index in [0.29, 0.717) is 6.42 Å². The molecule has 3 nitrogen and oxygen atoms in total. The largest absolute Gasteiger partial charge is 0.399 e. The van der Waals surface area contributed by atoms with Gasteiger partial charge in [-0.05, 0) is 30.0 Å². The summed E-state index contributed by atoms with van der Waals surface area (Å²) >= 11 is 0. The van der Waals surface area contributed by atoms with Crippen LogP contribution >= 0.6 is 0 Å². The van der Waals surface area contributed by atoms with Crippen LogP contribution in [0, 0.1) is 0 Å². The zero-order chi connectivity index (χ0) is 12.7. The van der Waals surface area contributed by atoms with Gasteiger partial charge in [-0.3, -0.25) is 4.79 Å². The Morgan fingerprint density at radius 1 is 1.35 bits per heavy atom. The Morgan fingerprint density at radius 3 is 2.59 bits per heavy atom.